The number of ether oxygens (including phenoxy) is 1. The van der Waals surface area contributed by atoms with Crippen LogP contribution in [0.15, 0.2) is 11.6 Å². The smallest absolute Gasteiger partial charge is 0.349 e. The summed E-state index contributed by atoms with van der Waals surface area (Å²) >= 11 is 0. The van der Waals surface area contributed by atoms with E-state index in [1.54, 1.807) is 17.9 Å². The van der Waals surface area contributed by atoms with E-state index in [0.29, 0.717) is 19.0 Å². The van der Waals surface area contributed by atoms with Crippen LogP contribution in [0, 0.1) is 31.1 Å². The molecule has 1 aliphatic rings. The van der Waals surface area contributed by atoms with Crippen molar-refractivity contribution < 1.29 is 14.3 Å². The number of hydrogen-bond donors (Lipinski definition) is 0. The number of nitriles is 1. The second-order valence-electron chi connectivity index (χ2n) is 7.91. The van der Waals surface area contributed by atoms with Gasteiger partial charge in [0.1, 0.15) is 11.6 Å². The molecule has 0 bridgehead atoms. The topological polar surface area (TPSA) is 75.3 Å². The maximum atomic E-state index is 12.4. The first-order valence-electron chi connectivity index (χ1n) is 10.0. The molecule has 1 aliphatic heterocycles. The van der Waals surface area contributed by atoms with E-state index in [1.807, 2.05) is 26.0 Å². The van der Waals surface area contributed by atoms with Crippen LogP contribution in [-0.4, -0.2) is 40.5 Å². The van der Waals surface area contributed by atoms with E-state index in [1.165, 1.54) is 0 Å². The molecular weight excluding hydrogens is 354 g/mol. The fourth-order valence-corrected chi connectivity index (χ4v) is 3.47. The second-order valence-corrected chi connectivity index (χ2v) is 7.91. The number of amides is 1. The highest BCUT2D eigenvalue weighted by Gasteiger charge is 2.27. The van der Waals surface area contributed by atoms with Gasteiger partial charge in [0.25, 0.3) is 5.91 Å². The van der Waals surface area contributed by atoms with Crippen LogP contribution in [0.2, 0.25) is 0 Å². The van der Waals surface area contributed by atoms with Gasteiger partial charge in [0.2, 0.25) is 0 Å². The zero-order valence-electron chi connectivity index (χ0n) is 17.6. The van der Waals surface area contributed by atoms with Crippen LogP contribution in [0.4, 0.5) is 0 Å². The quantitative estimate of drug-likeness (QED) is 0.408. The first-order valence-corrected chi connectivity index (χ1v) is 10.0. The van der Waals surface area contributed by atoms with Crippen molar-refractivity contribution in [2.75, 3.05) is 13.1 Å². The molecule has 1 amide bonds. The monoisotopic (exact) mass is 385 g/mol. The van der Waals surface area contributed by atoms with Crippen LogP contribution < -0.4 is 0 Å². The van der Waals surface area contributed by atoms with E-state index in [0.717, 1.165) is 42.8 Å². The summed E-state index contributed by atoms with van der Waals surface area (Å²) in [5.74, 6) is -0.357. The Kier molecular flexibility index (Phi) is 7.45. The molecule has 1 aromatic heterocycles. The molecule has 28 heavy (non-hydrogen) atoms. The minimum Gasteiger partial charge on any atom is -0.448 e. The third kappa shape index (κ3) is 5.25. The van der Waals surface area contributed by atoms with Gasteiger partial charge in [-0.15, -0.1) is 0 Å². The van der Waals surface area contributed by atoms with Crippen LogP contribution in [0.1, 0.15) is 57.0 Å². The molecule has 2 rings (SSSR count). The average Bonchev–Trinajstić information content (AvgIpc) is 3.26. The molecule has 0 saturated carbocycles. The standard InChI is InChI=1S/C22H31N3O3/c1-15(2)8-11-25-16(3)12-19(17(25)4)13-20(14-23)22(27)28-18(5)21(26)24-9-6-7-10-24/h12-13,15,18H,6-11H2,1-5H3/b20-13+/t18-/m1/s1. The van der Waals surface area contributed by atoms with Crippen molar-refractivity contribution in [1.29, 1.82) is 5.26 Å². The molecule has 0 unspecified atom stereocenters. The van der Waals surface area contributed by atoms with Crippen molar-refractivity contribution in [3.63, 3.8) is 0 Å². The number of nitrogens with zero attached hydrogens (tertiary/aromatic N) is 3. The molecule has 2 heterocycles. The minimum atomic E-state index is -0.888. The van der Waals surface area contributed by atoms with Gasteiger partial charge in [-0.1, -0.05) is 13.8 Å². The van der Waals surface area contributed by atoms with Crippen molar-refractivity contribution in [3.05, 3.63) is 28.6 Å². The van der Waals surface area contributed by atoms with Crippen molar-refractivity contribution in [2.24, 2.45) is 5.92 Å². The molecular formula is C22H31N3O3. The normalized spacial score (nSPS) is 15.6. The second kappa shape index (κ2) is 9.59. The molecule has 152 valence electrons. The third-order valence-corrected chi connectivity index (χ3v) is 5.23. The summed E-state index contributed by atoms with van der Waals surface area (Å²) in [6.07, 6.45) is 3.68. The lowest BCUT2D eigenvalue weighted by Crippen LogP contribution is -2.38. The molecule has 0 N–H and O–H groups in total. The van der Waals surface area contributed by atoms with Gasteiger partial charge in [-0.2, -0.15) is 5.26 Å². The van der Waals surface area contributed by atoms with E-state index in [2.05, 4.69) is 18.4 Å². The molecule has 6 heteroatoms. The molecule has 1 saturated heterocycles. The van der Waals surface area contributed by atoms with E-state index in [9.17, 15) is 14.9 Å². The molecule has 0 aliphatic carbocycles. The van der Waals surface area contributed by atoms with Gasteiger partial charge in [0, 0.05) is 31.0 Å². The fourth-order valence-electron chi connectivity index (χ4n) is 3.47. The van der Waals surface area contributed by atoms with Gasteiger partial charge >= 0.3 is 5.97 Å². The Morgan fingerprint density at radius 2 is 1.89 bits per heavy atom. The Labute approximate surface area is 167 Å². The lowest BCUT2D eigenvalue weighted by atomic mass is 10.1. The maximum absolute atomic E-state index is 12.4. The predicted octanol–water partition coefficient (Wildman–Crippen LogP) is 3.61. The van der Waals surface area contributed by atoms with Gasteiger partial charge in [0.05, 0.1) is 0 Å². The summed E-state index contributed by atoms with van der Waals surface area (Å²) < 4.78 is 7.48. The first kappa shape index (κ1) is 21.7. The molecule has 1 fully saturated rings. The number of esters is 1. The van der Waals surface area contributed by atoms with Crippen LogP contribution in [0.25, 0.3) is 6.08 Å². The molecule has 0 spiro atoms. The Balaban J connectivity index is 2.12. The van der Waals surface area contributed by atoms with Crippen LogP contribution in [-0.2, 0) is 20.9 Å². The summed E-state index contributed by atoms with van der Waals surface area (Å²) in [7, 11) is 0. The van der Waals surface area contributed by atoms with Gasteiger partial charge in [-0.3, -0.25) is 4.79 Å². The van der Waals surface area contributed by atoms with Gasteiger partial charge in [0.15, 0.2) is 6.10 Å². The number of likely N-dealkylation sites (tertiary alicyclic amines) is 1. The van der Waals surface area contributed by atoms with E-state index >= 15 is 0 Å². The van der Waals surface area contributed by atoms with Crippen LogP contribution in [0.5, 0.6) is 0 Å². The average molecular weight is 386 g/mol. The zero-order chi connectivity index (χ0) is 20.8. The van der Waals surface area contributed by atoms with E-state index < -0.39 is 12.1 Å². The highest BCUT2D eigenvalue weighted by Crippen LogP contribution is 2.20. The Bertz CT molecular complexity index is 793. The van der Waals surface area contributed by atoms with Gasteiger partial charge < -0.3 is 14.2 Å². The highest BCUT2D eigenvalue weighted by molar-refractivity contribution is 5.99. The first-order chi connectivity index (χ1) is 13.2. The summed E-state index contributed by atoms with van der Waals surface area (Å²) in [6, 6.07) is 3.89. The van der Waals surface area contributed by atoms with Crippen molar-refractivity contribution in [1.82, 2.24) is 9.47 Å². The number of carbonyl (C=O) groups is 2. The number of aromatic nitrogens is 1. The molecule has 6 nitrogen and oxygen atoms in total. The Morgan fingerprint density at radius 3 is 2.46 bits per heavy atom. The number of aryl methyl sites for hydroxylation is 1. The Morgan fingerprint density at radius 1 is 1.25 bits per heavy atom. The molecule has 1 aromatic rings. The molecule has 0 radical (unpaired) electrons. The summed E-state index contributed by atoms with van der Waals surface area (Å²) in [5.41, 5.74) is 2.84. The lowest BCUT2D eigenvalue weighted by Gasteiger charge is -2.20. The van der Waals surface area contributed by atoms with Crippen LogP contribution >= 0.6 is 0 Å². The Hall–Kier alpha value is -2.55. The maximum Gasteiger partial charge on any atom is 0.349 e. The molecule has 1 atom stereocenters. The molecule has 0 aromatic carbocycles. The number of rotatable bonds is 7. The van der Waals surface area contributed by atoms with E-state index in [-0.39, 0.29) is 11.5 Å². The van der Waals surface area contributed by atoms with Gasteiger partial charge in [-0.05, 0) is 63.7 Å². The largest absolute Gasteiger partial charge is 0.448 e. The lowest BCUT2D eigenvalue weighted by molar-refractivity contribution is -0.155. The van der Waals surface area contributed by atoms with Crippen molar-refractivity contribution in [2.45, 2.75) is 66.5 Å². The minimum absolute atomic E-state index is 0.0924. The fraction of sp³-hybridized carbons (Fsp3) is 0.591. The predicted molar refractivity (Wildman–Crippen MR) is 108 cm³/mol. The van der Waals surface area contributed by atoms with E-state index in [4.69, 9.17) is 4.74 Å². The van der Waals surface area contributed by atoms with Crippen molar-refractivity contribution >= 4 is 18.0 Å². The zero-order valence-corrected chi connectivity index (χ0v) is 17.6. The summed E-state index contributed by atoms with van der Waals surface area (Å²) in [4.78, 5) is 26.5. The van der Waals surface area contributed by atoms with Crippen LogP contribution in [0.3, 0.4) is 0 Å². The van der Waals surface area contributed by atoms with Gasteiger partial charge in [-0.25, -0.2) is 4.79 Å². The SMILES string of the molecule is Cc1cc(/C=C(\C#N)C(=O)O[C@H](C)C(=O)N2CCCC2)c(C)n1CCC(C)C. The summed E-state index contributed by atoms with van der Waals surface area (Å²) in [6.45, 7) is 12.2. The number of carbonyl (C=O) groups excluding carboxylic acids is 2. The number of hydrogen-bond acceptors (Lipinski definition) is 4. The summed E-state index contributed by atoms with van der Waals surface area (Å²) in [5, 5.41) is 9.44. The highest BCUT2D eigenvalue weighted by atomic mass is 16.5. The third-order valence-electron chi connectivity index (χ3n) is 5.23. The van der Waals surface area contributed by atoms with Crippen molar-refractivity contribution in [3.8, 4) is 6.07 Å².